The predicted octanol–water partition coefficient (Wildman–Crippen LogP) is 5.14. The molecule has 10 heteroatoms. The van der Waals surface area contributed by atoms with Crippen molar-refractivity contribution in [2.24, 2.45) is 11.8 Å². The van der Waals surface area contributed by atoms with Gasteiger partial charge in [-0.15, -0.1) is 0 Å². The van der Waals surface area contributed by atoms with Gasteiger partial charge in [0.15, 0.2) is 6.29 Å². The van der Waals surface area contributed by atoms with Gasteiger partial charge in [0.1, 0.15) is 11.9 Å². The lowest BCUT2D eigenvalue weighted by Gasteiger charge is -2.28. The number of hydrogen-bond donors (Lipinski definition) is 4. The number of aliphatic hydroxyl groups excluding tert-OH is 1. The molecule has 0 aliphatic heterocycles. The van der Waals surface area contributed by atoms with Crippen LogP contribution in [0.2, 0.25) is 0 Å². The number of hydrogen-bond acceptors (Lipinski definition) is 7. The fraction of sp³-hybridized carbons (Fsp3) is 0.484. The third-order valence-corrected chi connectivity index (χ3v) is 7.99. The van der Waals surface area contributed by atoms with Crippen LogP contribution in [0.1, 0.15) is 65.2 Å². The molecule has 2 saturated carbocycles. The van der Waals surface area contributed by atoms with Crippen LogP contribution in [0.15, 0.2) is 42.5 Å². The molecule has 0 bridgehead atoms. The van der Waals surface area contributed by atoms with Crippen LogP contribution in [-0.2, 0) is 23.9 Å². The summed E-state index contributed by atoms with van der Waals surface area (Å²) in [6, 6.07) is 13.1. The highest BCUT2D eigenvalue weighted by molar-refractivity contribution is 5.95. The Balaban J connectivity index is 1.15. The van der Waals surface area contributed by atoms with Gasteiger partial charge in [-0.2, -0.15) is 0 Å². The molecule has 0 saturated heterocycles. The average molecular weight is 563 g/mol. The largest absolute Gasteiger partial charge is 0.463 e. The number of nitrogens with zero attached hydrogens (tertiary/aromatic N) is 1. The zero-order valence-corrected chi connectivity index (χ0v) is 23.5. The normalized spacial score (nSPS) is 23.5. The van der Waals surface area contributed by atoms with E-state index in [0.29, 0.717) is 42.9 Å². The van der Waals surface area contributed by atoms with Crippen LogP contribution in [-0.4, -0.2) is 51.4 Å². The highest BCUT2D eigenvalue weighted by Gasteiger charge is 2.29. The first-order chi connectivity index (χ1) is 19.7. The molecule has 2 amide bonds. The Hall–Kier alpha value is -3.76. The maximum atomic E-state index is 12.8. The number of carbonyl (C=O) groups excluding carboxylic acids is 3. The number of rotatable bonds is 8. The fourth-order valence-electron chi connectivity index (χ4n) is 5.84. The lowest BCUT2D eigenvalue weighted by molar-refractivity contribution is -0.148. The highest BCUT2D eigenvalue weighted by Crippen LogP contribution is 2.30. The maximum Gasteiger partial charge on any atom is 0.302 e. The standard InChI is InChI=1S/C31H38N4O6/c1-18(36)40-25-12-5-21(6-13-25)30(38)32-23-9-3-20(4-10-23)29-34-27-16-11-24(17-28(27)35-29)33-31(39)22-7-14-26(15-8-22)41-19(2)37/h3-4,9-11,16-17,19,21-22,25-26,37H,5-8,12-15H2,1-2H3,(H,32,38)(H,33,39)(H,34,35). The summed E-state index contributed by atoms with van der Waals surface area (Å²) in [5.74, 6) is 0.233. The second kappa shape index (κ2) is 12.8. The van der Waals surface area contributed by atoms with E-state index in [-0.39, 0.29) is 41.8 Å². The molecule has 1 aromatic heterocycles. The summed E-state index contributed by atoms with van der Waals surface area (Å²) < 4.78 is 10.7. The van der Waals surface area contributed by atoms with E-state index in [1.807, 2.05) is 42.5 Å². The first kappa shape index (κ1) is 28.8. The Kier molecular flexibility index (Phi) is 8.99. The summed E-state index contributed by atoms with van der Waals surface area (Å²) in [6.07, 6.45) is 4.91. The molecule has 2 aliphatic carbocycles. The lowest BCUT2D eigenvalue weighted by Crippen LogP contribution is -2.31. The predicted molar refractivity (Wildman–Crippen MR) is 155 cm³/mol. The van der Waals surface area contributed by atoms with Gasteiger partial charge in [-0.3, -0.25) is 14.4 Å². The highest BCUT2D eigenvalue weighted by atomic mass is 16.6. The number of fused-ring (bicyclic) bond motifs is 1. The summed E-state index contributed by atoms with van der Waals surface area (Å²) >= 11 is 0. The number of aromatic nitrogens is 2. The third-order valence-electron chi connectivity index (χ3n) is 7.99. The van der Waals surface area contributed by atoms with Gasteiger partial charge < -0.3 is 30.2 Å². The van der Waals surface area contributed by atoms with Gasteiger partial charge in [-0.25, -0.2) is 4.98 Å². The molecule has 10 nitrogen and oxygen atoms in total. The zero-order chi connectivity index (χ0) is 28.9. The van der Waals surface area contributed by atoms with Crippen LogP contribution in [0.5, 0.6) is 0 Å². The van der Waals surface area contributed by atoms with Crippen molar-refractivity contribution >= 4 is 40.2 Å². The first-order valence-corrected chi connectivity index (χ1v) is 14.5. The number of ether oxygens (including phenoxy) is 2. The summed E-state index contributed by atoms with van der Waals surface area (Å²) in [5.41, 5.74) is 3.90. The van der Waals surface area contributed by atoms with Crippen molar-refractivity contribution in [3.05, 3.63) is 42.5 Å². The van der Waals surface area contributed by atoms with E-state index in [2.05, 4.69) is 15.6 Å². The van der Waals surface area contributed by atoms with E-state index in [0.717, 1.165) is 42.3 Å². The number of carbonyl (C=O) groups is 3. The number of aromatic amines is 1. The van der Waals surface area contributed by atoms with Gasteiger partial charge in [-0.1, -0.05) is 0 Å². The number of benzene rings is 2. The lowest BCUT2D eigenvalue weighted by atomic mass is 9.86. The quantitative estimate of drug-likeness (QED) is 0.220. The molecule has 2 aliphatic rings. The average Bonchev–Trinajstić information content (AvgIpc) is 3.37. The first-order valence-electron chi connectivity index (χ1n) is 14.5. The molecule has 2 aromatic carbocycles. The van der Waals surface area contributed by atoms with Crippen molar-refractivity contribution in [2.75, 3.05) is 10.6 Å². The second-order valence-electron chi connectivity index (χ2n) is 11.2. The molecule has 0 spiro atoms. The van der Waals surface area contributed by atoms with E-state index < -0.39 is 6.29 Å². The van der Waals surface area contributed by atoms with Crippen molar-refractivity contribution in [3.8, 4) is 11.4 Å². The molecule has 4 N–H and O–H groups in total. The van der Waals surface area contributed by atoms with Gasteiger partial charge in [0.2, 0.25) is 11.8 Å². The Morgan fingerprint density at radius 1 is 0.854 bits per heavy atom. The van der Waals surface area contributed by atoms with Gasteiger partial charge in [0.25, 0.3) is 0 Å². The van der Waals surface area contributed by atoms with Gasteiger partial charge in [0.05, 0.1) is 17.1 Å². The van der Waals surface area contributed by atoms with Crippen LogP contribution in [0.4, 0.5) is 11.4 Å². The summed E-state index contributed by atoms with van der Waals surface area (Å²) in [7, 11) is 0. The van der Waals surface area contributed by atoms with Crippen LogP contribution >= 0.6 is 0 Å². The monoisotopic (exact) mass is 562 g/mol. The van der Waals surface area contributed by atoms with Gasteiger partial charge >= 0.3 is 5.97 Å². The zero-order valence-electron chi connectivity index (χ0n) is 23.5. The van der Waals surface area contributed by atoms with Gasteiger partial charge in [-0.05, 0) is 101 Å². The van der Waals surface area contributed by atoms with Crippen molar-refractivity contribution in [3.63, 3.8) is 0 Å². The molecular formula is C31H38N4O6. The Morgan fingerprint density at radius 2 is 1.41 bits per heavy atom. The molecule has 218 valence electrons. The Morgan fingerprint density at radius 3 is 2.00 bits per heavy atom. The van der Waals surface area contributed by atoms with E-state index in [9.17, 15) is 19.5 Å². The van der Waals surface area contributed by atoms with Crippen molar-refractivity contribution in [1.29, 1.82) is 0 Å². The van der Waals surface area contributed by atoms with Crippen LogP contribution in [0.3, 0.4) is 0 Å². The third kappa shape index (κ3) is 7.51. The van der Waals surface area contributed by atoms with E-state index >= 15 is 0 Å². The molecule has 1 atom stereocenters. The SMILES string of the molecule is CC(=O)OC1CCC(C(=O)Nc2ccc(-c3nc4ccc(NC(=O)C5CCC(OC(C)O)CC5)cc4[nH]3)cc2)CC1. The number of nitrogens with one attached hydrogen (secondary N) is 3. The van der Waals surface area contributed by atoms with Crippen molar-refractivity contribution in [1.82, 2.24) is 9.97 Å². The van der Waals surface area contributed by atoms with E-state index in [1.165, 1.54) is 6.92 Å². The molecule has 3 aromatic rings. The summed E-state index contributed by atoms with van der Waals surface area (Å²) in [4.78, 5) is 44.8. The molecule has 5 rings (SSSR count). The van der Waals surface area contributed by atoms with Crippen LogP contribution in [0, 0.1) is 11.8 Å². The van der Waals surface area contributed by atoms with Crippen LogP contribution in [0.25, 0.3) is 22.4 Å². The Labute approximate surface area is 239 Å². The van der Waals surface area contributed by atoms with Crippen molar-refractivity contribution in [2.45, 2.75) is 83.7 Å². The fourth-order valence-corrected chi connectivity index (χ4v) is 5.84. The van der Waals surface area contributed by atoms with Crippen LogP contribution < -0.4 is 10.6 Å². The number of imidazole rings is 1. The molecule has 41 heavy (non-hydrogen) atoms. The van der Waals surface area contributed by atoms with Gasteiger partial charge in [0, 0.05) is 35.7 Å². The molecule has 1 unspecified atom stereocenters. The number of esters is 1. The summed E-state index contributed by atoms with van der Waals surface area (Å²) in [6.45, 7) is 3.02. The number of aliphatic hydroxyl groups is 1. The minimum Gasteiger partial charge on any atom is -0.463 e. The molecule has 1 heterocycles. The minimum absolute atomic E-state index is 0.00376. The molecule has 0 radical (unpaired) electrons. The number of amides is 2. The van der Waals surface area contributed by atoms with E-state index in [4.69, 9.17) is 14.5 Å². The number of H-pyrrole nitrogens is 1. The summed E-state index contributed by atoms with van der Waals surface area (Å²) in [5, 5.41) is 15.4. The molecular weight excluding hydrogens is 524 g/mol. The minimum atomic E-state index is -0.785. The van der Waals surface area contributed by atoms with Crippen molar-refractivity contribution < 1.29 is 29.0 Å². The Bertz CT molecular complexity index is 1370. The number of anilines is 2. The van der Waals surface area contributed by atoms with E-state index in [1.54, 1.807) is 6.92 Å². The molecule has 2 fully saturated rings. The smallest absolute Gasteiger partial charge is 0.302 e. The topological polar surface area (TPSA) is 143 Å². The maximum absolute atomic E-state index is 12.8. The second-order valence-corrected chi connectivity index (χ2v) is 11.2.